The number of ether oxygens (including phenoxy) is 1. The highest BCUT2D eigenvalue weighted by Crippen LogP contribution is 2.29. The van der Waals surface area contributed by atoms with Crippen molar-refractivity contribution in [3.05, 3.63) is 66.5 Å². The highest BCUT2D eigenvalue weighted by atomic mass is 16.6. The number of hydrogen-bond acceptors (Lipinski definition) is 4. The monoisotopic (exact) mass is 336 g/mol. The van der Waals surface area contributed by atoms with E-state index in [4.69, 9.17) is 4.74 Å². The van der Waals surface area contributed by atoms with E-state index in [0.717, 1.165) is 29.6 Å². The van der Waals surface area contributed by atoms with Crippen LogP contribution in [0, 0.1) is 0 Å². The summed E-state index contributed by atoms with van der Waals surface area (Å²) in [6.07, 6.45) is 8.88. The van der Waals surface area contributed by atoms with Crippen molar-refractivity contribution < 1.29 is 9.53 Å². The van der Waals surface area contributed by atoms with Gasteiger partial charge in [-0.25, -0.2) is 9.78 Å². The van der Waals surface area contributed by atoms with Gasteiger partial charge in [-0.05, 0) is 18.4 Å². The predicted octanol–water partition coefficient (Wildman–Crippen LogP) is 3.25. The summed E-state index contributed by atoms with van der Waals surface area (Å²) in [7, 11) is 0. The lowest BCUT2D eigenvalue weighted by Gasteiger charge is -2.30. The largest absolute Gasteiger partial charge is 0.445 e. The second-order valence-corrected chi connectivity index (χ2v) is 6.30. The molecule has 0 unspecified atom stereocenters. The molecule has 25 heavy (non-hydrogen) atoms. The zero-order valence-corrected chi connectivity index (χ0v) is 13.9. The van der Waals surface area contributed by atoms with Gasteiger partial charge in [0.2, 0.25) is 0 Å². The number of likely N-dealkylation sites (tertiary alicyclic amines) is 1. The fourth-order valence-electron chi connectivity index (χ4n) is 3.32. The van der Waals surface area contributed by atoms with Gasteiger partial charge < -0.3 is 14.0 Å². The Kier molecular flexibility index (Phi) is 4.33. The Balaban J connectivity index is 1.34. The number of imidazole rings is 1. The van der Waals surface area contributed by atoms with Crippen LogP contribution in [-0.4, -0.2) is 38.5 Å². The van der Waals surface area contributed by atoms with E-state index >= 15 is 0 Å². The number of rotatable bonds is 3. The molecule has 1 aliphatic rings. The number of carbonyl (C=O) groups is 1. The van der Waals surface area contributed by atoms with Crippen LogP contribution in [0.15, 0.2) is 55.2 Å². The van der Waals surface area contributed by atoms with Gasteiger partial charge >= 0.3 is 6.09 Å². The molecule has 0 N–H and O–H groups in total. The number of nitrogens with zero attached hydrogens (tertiary/aromatic N) is 4. The molecule has 1 saturated heterocycles. The Morgan fingerprint density at radius 3 is 2.80 bits per heavy atom. The van der Waals surface area contributed by atoms with Crippen molar-refractivity contribution in [3.63, 3.8) is 0 Å². The van der Waals surface area contributed by atoms with Crippen LogP contribution in [0.3, 0.4) is 0 Å². The minimum Gasteiger partial charge on any atom is -0.445 e. The molecule has 1 aliphatic heterocycles. The van der Waals surface area contributed by atoms with Crippen molar-refractivity contribution in [2.75, 3.05) is 13.1 Å². The highest BCUT2D eigenvalue weighted by Gasteiger charge is 2.27. The van der Waals surface area contributed by atoms with Crippen LogP contribution in [0.2, 0.25) is 0 Å². The molecular formula is C19H20N4O2. The van der Waals surface area contributed by atoms with Gasteiger partial charge in [0.15, 0.2) is 0 Å². The van der Waals surface area contributed by atoms with E-state index in [0.29, 0.717) is 25.6 Å². The maximum Gasteiger partial charge on any atom is 0.410 e. The summed E-state index contributed by atoms with van der Waals surface area (Å²) in [6.45, 7) is 1.70. The molecule has 1 fully saturated rings. The smallest absolute Gasteiger partial charge is 0.410 e. The molecule has 1 amide bonds. The van der Waals surface area contributed by atoms with Gasteiger partial charge in [0.05, 0.1) is 23.7 Å². The third-order valence-corrected chi connectivity index (χ3v) is 4.72. The minimum atomic E-state index is -0.237. The van der Waals surface area contributed by atoms with Gasteiger partial charge in [-0.2, -0.15) is 0 Å². The Hall–Kier alpha value is -2.89. The Bertz CT molecular complexity index is 854. The average Bonchev–Trinajstić information content (AvgIpc) is 3.11. The van der Waals surface area contributed by atoms with Gasteiger partial charge in [-0.15, -0.1) is 0 Å². The number of fused-ring (bicyclic) bond motifs is 1. The van der Waals surface area contributed by atoms with Crippen LogP contribution < -0.4 is 0 Å². The predicted molar refractivity (Wildman–Crippen MR) is 93.2 cm³/mol. The third-order valence-electron chi connectivity index (χ3n) is 4.72. The van der Waals surface area contributed by atoms with Crippen molar-refractivity contribution in [1.29, 1.82) is 0 Å². The molecule has 2 aromatic heterocycles. The van der Waals surface area contributed by atoms with Gasteiger partial charge in [0, 0.05) is 31.4 Å². The summed E-state index contributed by atoms with van der Waals surface area (Å²) in [5.74, 6) is 0.354. The van der Waals surface area contributed by atoms with Crippen LogP contribution >= 0.6 is 0 Å². The molecule has 3 heterocycles. The highest BCUT2D eigenvalue weighted by molar-refractivity contribution is 5.67. The van der Waals surface area contributed by atoms with E-state index in [1.807, 2.05) is 53.5 Å². The Labute approximate surface area is 146 Å². The number of piperidine rings is 1. The van der Waals surface area contributed by atoms with Crippen molar-refractivity contribution in [2.45, 2.75) is 25.4 Å². The number of benzene rings is 1. The van der Waals surface area contributed by atoms with Crippen molar-refractivity contribution in [3.8, 4) is 0 Å². The molecule has 0 saturated carbocycles. The zero-order chi connectivity index (χ0) is 17.1. The third kappa shape index (κ3) is 3.33. The van der Waals surface area contributed by atoms with Gasteiger partial charge in [-0.3, -0.25) is 4.98 Å². The number of hydrogen-bond donors (Lipinski definition) is 0. The molecule has 128 valence electrons. The SMILES string of the molecule is O=C(OCc1ccccc1)N1CCC(c2ncn3ccncc23)CC1. The summed E-state index contributed by atoms with van der Waals surface area (Å²) in [5.41, 5.74) is 3.13. The van der Waals surface area contributed by atoms with Crippen molar-refractivity contribution in [2.24, 2.45) is 0 Å². The lowest BCUT2D eigenvalue weighted by Crippen LogP contribution is -2.38. The number of carbonyl (C=O) groups excluding carboxylic acids is 1. The molecule has 6 nitrogen and oxygen atoms in total. The first-order valence-corrected chi connectivity index (χ1v) is 8.53. The normalized spacial score (nSPS) is 15.4. The Morgan fingerprint density at radius 1 is 1.20 bits per heavy atom. The lowest BCUT2D eigenvalue weighted by molar-refractivity contribution is 0.0869. The standard InChI is InChI=1S/C19H20N4O2/c24-19(25-13-15-4-2-1-3-5-15)22-9-6-16(7-10-22)18-17-12-20-8-11-23(17)14-21-18/h1-5,8,11-12,14,16H,6-7,9-10,13H2. The fraction of sp³-hybridized carbons (Fsp3) is 0.316. The summed E-state index contributed by atoms with van der Waals surface area (Å²) in [4.78, 5) is 22.8. The minimum absolute atomic E-state index is 0.237. The van der Waals surface area contributed by atoms with Crippen LogP contribution in [0.4, 0.5) is 4.79 Å². The molecule has 0 atom stereocenters. The first-order chi connectivity index (χ1) is 12.3. The van der Waals surface area contributed by atoms with Crippen molar-refractivity contribution in [1.82, 2.24) is 19.3 Å². The van der Waals surface area contributed by atoms with Gasteiger partial charge in [-0.1, -0.05) is 30.3 Å². The average molecular weight is 336 g/mol. The van der Waals surface area contributed by atoms with Crippen molar-refractivity contribution >= 4 is 11.6 Å². The second kappa shape index (κ2) is 6.93. The van der Waals surface area contributed by atoms with E-state index in [2.05, 4.69) is 9.97 Å². The molecule has 6 heteroatoms. The van der Waals surface area contributed by atoms with Crippen LogP contribution in [-0.2, 0) is 11.3 Å². The summed E-state index contributed by atoms with van der Waals surface area (Å²) < 4.78 is 7.41. The molecule has 1 aromatic carbocycles. The van der Waals surface area contributed by atoms with Gasteiger partial charge in [0.25, 0.3) is 0 Å². The van der Waals surface area contributed by atoms with E-state index in [9.17, 15) is 4.79 Å². The van der Waals surface area contributed by atoms with E-state index in [1.165, 1.54) is 0 Å². The Morgan fingerprint density at radius 2 is 2.00 bits per heavy atom. The molecule has 0 spiro atoms. The first-order valence-electron chi connectivity index (χ1n) is 8.53. The molecule has 4 rings (SSSR count). The molecular weight excluding hydrogens is 316 g/mol. The second-order valence-electron chi connectivity index (χ2n) is 6.30. The maximum absolute atomic E-state index is 12.3. The fourth-order valence-corrected chi connectivity index (χ4v) is 3.32. The van der Waals surface area contributed by atoms with E-state index < -0.39 is 0 Å². The summed E-state index contributed by atoms with van der Waals surface area (Å²) >= 11 is 0. The van der Waals surface area contributed by atoms with Crippen LogP contribution in [0.1, 0.15) is 30.0 Å². The summed E-state index contributed by atoms with van der Waals surface area (Å²) in [6, 6.07) is 9.75. The molecule has 0 bridgehead atoms. The molecule has 3 aromatic rings. The van der Waals surface area contributed by atoms with E-state index in [-0.39, 0.29) is 6.09 Å². The zero-order valence-electron chi connectivity index (χ0n) is 13.9. The molecule has 0 radical (unpaired) electrons. The maximum atomic E-state index is 12.3. The number of aromatic nitrogens is 3. The lowest BCUT2D eigenvalue weighted by atomic mass is 9.93. The van der Waals surface area contributed by atoms with E-state index in [1.54, 1.807) is 11.1 Å². The first kappa shape index (κ1) is 15.6. The molecule has 0 aliphatic carbocycles. The van der Waals surface area contributed by atoms with Gasteiger partial charge in [0.1, 0.15) is 6.61 Å². The van der Waals surface area contributed by atoms with Crippen LogP contribution in [0.5, 0.6) is 0 Å². The van der Waals surface area contributed by atoms with Crippen LogP contribution in [0.25, 0.3) is 5.52 Å². The summed E-state index contributed by atoms with van der Waals surface area (Å²) in [5, 5.41) is 0. The quantitative estimate of drug-likeness (QED) is 0.737. The number of amides is 1. The topological polar surface area (TPSA) is 59.7 Å².